The minimum absolute atomic E-state index is 0.0603. The van der Waals surface area contributed by atoms with E-state index in [1.54, 1.807) is 19.1 Å². The number of aromatic nitrogens is 1. The normalized spacial score (nSPS) is 14.4. The molecule has 0 aliphatic carbocycles. The summed E-state index contributed by atoms with van der Waals surface area (Å²) in [6, 6.07) is 5.98. The molecule has 1 fully saturated rings. The van der Waals surface area contributed by atoms with Crippen molar-refractivity contribution in [3.05, 3.63) is 51.4 Å². The second-order valence-corrected chi connectivity index (χ2v) is 5.57. The number of anilines is 1. The Morgan fingerprint density at radius 1 is 1.36 bits per heavy atom. The third-order valence-corrected chi connectivity index (χ3v) is 3.79. The second kappa shape index (κ2) is 7.31. The molecule has 0 saturated carbocycles. The first-order valence-electron chi connectivity index (χ1n) is 7.75. The van der Waals surface area contributed by atoms with Gasteiger partial charge in [0.2, 0.25) is 0 Å². The van der Waals surface area contributed by atoms with Crippen LogP contribution in [0.3, 0.4) is 0 Å². The third kappa shape index (κ3) is 3.94. The van der Waals surface area contributed by atoms with Gasteiger partial charge in [-0.2, -0.15) is 0 Å². The molecule has 9 heteroatoms. The summed E-state index contributed by atoms with van der Waals surface area (Å²) in [5.74, 6) is -0.0474. The van der Waals surface area contributed by atoms with Gasteiger partial charge in [-0.15, -0.1) is 0 Å². The topological polar surface area (TPSA) is 108 Å². The molecular formula is C16H17N3O6. The summed E-state index contributed by atoms with van der Waals surface area (Å²) in [5, 5.41) is 15.1. The number of nitro benzene ring substituents is 1. The van der Waals surface area contributed by atoms with Crippen LogP contribution in [0.25, 0.3) is 0 Å². The van der Waals surface area contributed by atoms with E-state index in [0.29, 0.717) is 43.4 Å². The number of rotatable bonds is 5. The number of ether oxygens (including phenoxy) is 2. The van der Waals surface area contributed by atoms with Gasteiger partial charge in [0.25, 0.3) is 5.69 Å². The van der Waals surface area contributed by atoms with E-state index in [-0.39, 0.29) is 17.9 Å². The quantitative estimate of drug-likeness (QED) is 0.459. The maximum atomic E-state index is 12.2. The number of morpholine rings is 1. The van der Waals surface area contributed by atoms with Gasteiger partial charge < -0.3 is 18.9 Å². The van der Waals surface area contributed by atoms with Crippen LogP contribution >= 0.6 is 0 Å². The van der Waals surface area contributed by atoms with Gasteiger partial charge >= 0.3 is 5.97 Å². The summed E-state index contributed by atoms with van der Waals surface area (Å²) in [7, 11) is 0. The molecule has 1 aromatic carbocycles. The molecule has 3 rings (SSSR count). The lowest BCUT2D eigenvalue weighted by molar-refractivity contribution is -0.384. The molecule has 0 atom stereocenters. The van der Waals surface area contributed by atoms with Gasteiger partial charge in [-0.25, -0.2) is 4.79 Å². The van der Waals surface area contributed by atoms with E-state index in [9.17, 15) is 14.9 Å². The van der Waals surface area contributed by atoms with Crippen LogP contribution in [-0.4, -0.2) is 42.4 Å². The first-order valence-corrected chi connectivity index (χ1v) is 7.75. The minimum Gasteiger partial charge on any atom is -0.455 e. The van der Waals surface area contributed by atoms with Crippen molar-refractivity contribution in [3.63, 3.8) is 0 Å². The minimum atomic E-state index is -0.655. The standard InChI is InChI=1S/C16H17N3O6/c1-11-8-13(17-25-11)10-24-16(20)12-2-3-14(15(9-12)19(21)22)18-4-6-23-7-5-18/h2-3,8-9H,4-7,10H2,1H3. The number of hydrogen-bond acceptors (Lipinski definition) is 8. The Morgan fingerprint density at radius 3 is 2.76 bits per heavy atom. The van der Waals surface area contributed by atoms with E-state index in [4.69, 9.17) is 14.0 Å². The monoisotopic (exact) mass is 347 g/mol. The van der Waals surface area contributed by atoms with E-state index in [1.165, 1.54) is 12.1 Å². The molecule has 2 heterocycles. The van der Waals surface area contributed by atoms with Gasteiger partial charge in [-0.05, 0) is 19.1 Å². The van der Waals surface area contributed by atoms with Gasteiger partial charge in [-0.3, -0.25) is 10.1 Å². The van der Waals surface area contributed by atoms with Crippen LogP contribution in [0, 0.1) is 17.0 Å². The van der Waals surface area contributed by atoms with E-state index in [2.05, 4.69) is 5.16 Å². The smallest absolute Gasteiger partial charge is 0.338 e. The van der Waals surface area contributed by atoms with Crippen LogP contribution in [0.4, 0.5) is 11.4 Å². The SMILES string of the molecule is Cc1cc(COC(=O)c2ccc(N3CCOCC3)c([N+](=O)[O-])c2)no1. The van der Waals surface area contributed by atoms with Crippen molar-refractivity contribution in [2.45, 2.75) is 13.5 Å². The van der Waals surface area contributed by atoms with Crippen molar-refractivity contribution in [1.82, 2.24) is 5.16 Å². The first-order chi connectivity index (χ1) is 12.0. The fourth-order valence-corrected chi connectivity index (χ4v) is 2.58. The van der Waals surface area contributed by atoms with Crippen LogP contribution in [0.5, 0.6) is 0 Å². The highest BCUT2D eigenvalue weighted by atomic mass is 16.6. The van der Waals surface area contributed by atoms with Gasteiger partial charge in [0.15, 0.2) is 0 Å². The lowest BCUT2D eigenvalue weighted by Gasteiger charge is -2.28. The summed E-state index contributed by atoms with van der Waals surface area (Å²) >= 11 is 0. The Hall–Kier alpha value is -2.94. The summed E-state index contributed by atoms with van der Waals surface area (Å²) in [5.41, 5.74) is 0.930. The van der Waals surface area contributed by atoms with Gasteiger partial charge in [0.05, 0.1) is 23.7 Å². The zero-order valence-electron chi connectivity index (χ0n) is 13.6. The van der Waals surface area contributed by atoms with Crippen molar-refractivity contribution >= 4 is 17.3 Å². The Labute approximate surface area is 143 Å². The van der Waals surface area contributed by atoms with Crippen LogP contribution in [0.1, 0.15) is 21.8 Å². The van der Waals surface area contributed by atoms with E-state index < -0.39 is 10.9 Å². The fourth-order valence-electron chi connectivity index (χ4n) is 2.58. The third-order valence-electron chi connectivity index (χ3n) is 3.79. The number of carbonyl (C=O) groups excluding carboxylic acids is 1. The average molecular weight is 347 g/mol. The Morgan fingerprint density at radius 2 is 2.12 bits per heavy atom. The summed E-state index contributed by atoms with van der Waals surface area (Å²) < 4.78 is 15.3. The van der Waals surface area contributed by atoms with Crippen LogP contribution in [-0.2, 0) is 16.1 Å². The van der Waals surface area contributed by atoms with E-state index in [0.717, 1.165) is 0 Å². The van der Waals surface area contributed by atoms with E-state index >= 15 is 0 Å². The molecule has 0 N–H and O–H groups in total. The zero-order valence-corrected chi connectivity index (χ0v) is 13.6. The number of nitro groups is 1. The number of benzene rings is 1. The maximum absolute atomic E-state index is 12.2. The summed E-state index contributed by atoms with van der Waals surface area (Å²) in [4.78, 5) is 24.9. The zero-order chi connectivity index (χ0) is 17.8. The molecule has 0 spiro atoms. The Bertz CT molecular complexity index is 782. The fraction of sp³-hybridized carbons (Fsp3) is 0.375. The number of nitrogens with zero attached hydrogens (tertiary/aromatic N) is 3. The maximum Gasteiger partial charge on any atom is 0.338 e. The molecule has 1 saturated heterocycles. The number of esters is 1. The molecule has 0 amide bonds. The molecule has 1 aliphatic rings. The number of hydrogen-bond donors (Lipinski definition) is 0. The van der Waals surface area contributed by atoms with Crippen molar-refractivity contribution in [2.75, 3.05) is 31.2 Å². The van der Waals surface area contributed by atoms with E-state index in [1.807, 2.05) is 4.90 Å². The number of carbonyl (C=O) groups is 1. The lowest BCUT2D eigenvalue weighted by Crippen LogP contribution is -2.36. The van der Waals surface area contributed by atoms with Crippen molar-refractivity contribution < 1.29 is 23.7 Å². The predicted octanol–water partition coefficient (Wildman–Crippen LogP) is 2.08. The van der Waals surface area contributed by atoms with Gasteiger partial charge in [0, 0.05) is 25.2 Å². The van der Waals surface area contributed by atoms with Crippen molar-refractivity contribution in [2.24, 2.45) is 0 Å². The molecule has 2 aromatic rings. The second-order valence-electron chi connectivity index (χ2n) is 5.57. The first kappa shape index (κ1) is 16.9. The molecule has 132 valence electrons. The highest BCUT2D eigenvalue weighted by molar-refractivity contribution is 5.91. The molecule has 0 radical (unpaired) electrons. The largest absolute Gasteiger partial charge is 0.455 e. The highest BCUT2D eigenvalue weighted by Crippen LogP contribution is 2.30. The highest BCUT2D eigenvalue weighted by Gasteiger charge is 2.23. The lowest BCUT2D eigenvalue weighted by atomic mass is 10.1. The van der Waals surface area contributed by atoms with Gasteiger partial charge in [-0.1, -0.05) is 5.16 Å². The molecule has 1 aliphatic heterocycles. The van der Waals surface area contributed by atoms with Crippen molar-refractivity contribution in [3.8, 4) is 0 Å². The predicted molar refractivity (Wildman–Crippen MR) is 86.5 cm³/mol. The molecule has 0 unspecified atom stereocenters. The summed E-state index contributed by atoms with van der Waals surface area (Å²) in [6.45, 7) is 3.82. The van der Waals surface area contributed by atoms with Crippen LogP contribution in [0.2, 0.25) is 0 Å². The molecule has 9 nitrogen and oxygen atoms in total. The van der Waals surface area contributed by atoms with Crippen molar-refractivity contribution in [1.29, 1.82) is 0 Å². The molecular weight excluding hydrogens is 330 g/mol. The van der Waals surface area contributed by atoms with Gasteiger partial charge in [0.1, 0.15) is 23.7 Å². The molecule has 1 aromatic heterocycles. The van der Waals surface area contributed by atoms with Crippen LogP contribution < -0.4 is 4.90 Å². The average Bonchev–Trinajstić information content (AvgIpc) is 3.05. The Balaban J connectivity index is 1.76. The Kier molecular flexibility index (Phi) is 4.94. The van der Waals surface area contributed by atoms with Crippen LogP contribution in [0.15, 0.2) is 28.8 Å². The number of aryl methyl sites for hydroxylation is 1. The summed E-state index contributed by atoms with van der Waals surface area (Å²) in [6.07, 6.45) is 0. The molecule has 0 bridgehead atoms. The molecule has 25 heavy (non-hydrogen) atoms.